The number of aryl methyl sites for hydroxylation is 2. The molecule has 0 aliphatic heterocycles. The summed E-state index contributed by atoms with van der Waals surface area (Å²) in [5.41, 5.74) is 7.84. The quantitative estimate of drug-likeness (QED) is 0.777. The van der Waals surface area contributed by atoms with E-state index in [0.29, 0.717) is 12.5 Å². The first-order valence-corrected chi connectivity index (χ1v) is 6.57. The largest absolute Gasteiger partial charge is 0.370 e. The molecule has 1 rings (SSSR count). The summed E-state index contributed by atoms with van der Waals surface area (Å²) in [6, 6.07) is 9.12. The number of hydrogen-bond donors (Lipinski definition) is 2. The van der Waals surface area contributed by atoms with Crippen LogP contribution in [-0.4, -0.2) is 18.0 Å². The van der Waals surface area contributed by atoms with Gasteiger partial charge in [0, 0.05) is 18.5 Å². The highest BCUT2D eigenvalue weighted by Gasteiger charge is 2.09. The van der Waals surface area contributed by atoms with Gasteiger partial charge in [0.1, 0.15) is 0 Å². The number of carbonyl (C=O) groups is 1. The fourth-order valence-corrected chi connectivity index (χ4v) is 2.18. The van der Waals surface area contributed by atoms with Crippen LogP contribution in [0.25, 0.3) is 0 Å². The predicted octanol–water partition coefficient (Wildman–Crippen LogP) is 2.17. The minimum Gasteiger partial charge on any atom is -0.370 e. The van der Waals surface area contributed by atoms with Gasteiger partial charge in [-0.3, -0.25) is 4.79 Å². The van der Waals surface area contributed by atoms with Crippen molar-refractivity contribution in [1.29, 1.82) is 0 Å². The molecule has 0 aliphatic carbocycles. The number of hydrogen-bond acceptors (Lipinski definition) is 2. The van der Waals surface area contributed by atoms with Gasteiger partial charge in [0.15, 0.2) is 0 Å². The maximum atomic E-state index is 10.8. The Labute approximate surface area is 110 Å². The van der Waals surface area contributed by atoms with Crippen molar-refractivity contribution < 1.29 is 4.79 Å². The summed E-state index contributed by atoms with van der Waals surface area (Å²) in [5, 5.41) is 3.40. The fraction of sp³-hybridized carbons (Fsp3) is 0.533. The van der Waals surface area contributed by atoms with Crippen molar-refractivity contribution in [2.24, 2.45) is 5.73 Å². The number of nitrogens with one attached hydrogen (secondary N) is 1. The van der Waals surface area contributed by atoms with E-state index in [1.54, 1.807) is 0 Å². The maximum Gasteiger partial charge on any atom is 0.218 e. The van der Waals surface area contributed by atoms with Crippen LogP contribution in [0.1, 0.15) is 37.8 Å². The number of amides is 1. The highest BCUT2D eigenvalue weighted by Crippen LogP contribution is 2.08. The zero-order valence-corrected chi connectivity index (χ0v) is 11.6. The third-order valence-corrected chi connectivity index (χ3v) is 3.02. The first kappa shape index (κ1) is 14.7. The molecule has 0 saturated carbocycles. The summed E-state index contributed by atoms with van der Waals surface area (Å²) in [5.74, 6) is -0.249. The number of rotatable bonds is 7. The summed E-state index contributed by atoms with van der Waals surface area (Å²) in [7, 11) is 0. The molecular formula is C15H24N2O. The molecule has 0 spiro atoms. The molecule has 0 bridgehead atoms. The average Bonchev–Trinajstić information content (AvgIpc) is 2.25. The average molecular weight is 248 g/mol. The van der Waals surface area contributed by atoms with E-state index >= 15 is 0 Å². The molecule has 2 unspecified atom stereocenters. The fourth-order valence-electron chi connectivity index (χ4n) is 2.18. The summed E-state index contributed by atoms with van der Waals surface area (Å²) in [6.45, 7) is 6.25. The number of benzene rings is 1. The maximum absolute atomic E-state index is 10.8. The van der Waals surface area contributed by atoms with Crippen LogP contribution in [0.5, 0.6) is 0 Å². The number of nitrogens with two attached hydrogens (primary N) is 1. The van der Waals surface area contributed by atoms with Gasteiger partial charge in [-0.15, -0.1) is 0 Å². The first-order valence-electron chi connectivity index (χ1n) is 6.57. The normalized spacial score (nSPS) is 14.2. The van der Waals surface area contributed by atoms with Crippen molar-refractivity contribution >= 4 is 5.91 Å². The van der Waals surface area contributed by atoms with Gasteiger partial charge in [-0.1, -0.05) is 29.8 Å². The second kappa shape index (κ2) is 7.17. The minimum absolute atomic E-state index is 0.148. The van der Waals surface area contributed by atoms with Crippen molar-refractivity contribution in [3.05, 3.63) is 35.4 Å². The molecular weight excluding hydrogens is 224 g/mol. The molecule has 1 aromatic carbocycles. The molecule has 2 atom stereocenters. The Morgan fingerprint density at radius 1 is 1.33 bits per heavy atom. The Kier molecular flexibility index (Phi) is 5.86. The summed E-state index contributed by atoms with van der Waals surface area (Å²) in [6.07, 6.45) is 2.51. The molecule has 0 saturated heterocycles. The molecule has 0 aromatic heterocycles. The van der Waals surface area contributed by atoms with Crippen molar-refractivity contribution in [1.82, 2.24) is 5.32 Å². The molecule has 0 fully saturated rings. The molecule has 0 heterocycles. The molecule has 1 amide bonds. The van der Waals surface area contributed by atoms with Crippen LogP contribution in [0, 0.1) is 6.92 Å². The highest BCUT2D eigenvalue weighted by atomic mass is 16.1. The van der Waals surface area contributed by atoms with Gasteiger partial charge in [-0.05, 0) is 39.2 Å². The Balaban J connectivity index is 2.32. The lowest BCUT2D eigenvalue weighted by atomic mass is 10.0. The topological polar surface area (TPSA) is 55.1 Å². The van der Waals surface area contributed by atoms with Crippen LogP contribution in [-0.2, 0) is 11.2 Å². The summed E-state index contributed by atoms with van der Waals surface area (Å²) in [4.78, 5) is 10.8. The third-order valence-electron chi connectivity index (χ3n) is 3.02. The molecule has 0 aliphatic rings. The SMILES string of the molecule is Cc1cccc(CCC(C)NC(C)CC(N)=O)c1. The smallest absolute Gasteiger partial charge is 0.218 e. The predicted molar refractivity (Wildman–Crippen MR) is 75.4 cm³/mol. The first-order chi connectivity index (χ1) is 8.47. The zero-order valence-electron chi connectivity index (χ0n) is 11.6. The van der Waals surface area contributed by atoms with Crippen molar-refractivity contribution in [3.8, 4) is 0 Å². The van der Waals surface area contributed by atoms with Gasteiger partial charge in [0.2, 0.25) is 5.91 Å². The molecule has 3 N–H and O–H groups in total. The lowest BCUT2D eigenvalue weighted by Crippen LogP contribution is -2.37. The van der Waals surface area contributed by atoms with Gasteiger partial charge in [0.25, 0.3) is 0 Å². The van der Waals surface area contributed by atoms with Crippen LogP contribution in [0.4, 0.5) is 0 Å². The third kappa shape index (κ3) is 5.82. The van der Waals surface area contributed by atoms with E-state index in [2.05, 4.69) is 43.4 Å². The second-order valence-electron chi connectivity index (χ2n) is 5.17. The summed E-state index contributed by atoms with van der Waals surface area (Å²) >= 11 is 0. The second-order valence-corrected chi connectivity index (χ2v) is 5.17. The zero-order chi connectivity index (χ0) is 13.5. The van der Waals surface area contributed by atoms with Crippen LogP contribution in [0.15, 0.2) is 24.3 Å². The van der Waals surface area contributed by atoms with Gasteiger partial charge >= 0.3 is 0 Å². The van der Waals surface area contributed by atoms with E-state index in [0.717, 1.165) is 12.8 Å². The Morgan fingerprint density at radius 3 is 2.67 bits per heavy atom. The molecule has 1 aromatic rings. The molecule has 100 valence electrons. The number of primary amides is 1. The Morgan fingerprint density at radius 2 is 2.06 bits per heavy atom. The highest BCUT2D eigenvalue weighted by molar-refractivity contribution is 5.74. The van der Waals surface area contributed by atoms with Crippen LogP contribution in [0.2, 0.25) is 0 Å². The van der Waals surface area contributed by atoms with E-state index in [-0.39, 0.29) is 11.9 Å². The molecule has 0 radical (unpaired) electrons. The van der Waals surface area contributed by atoms with Crippen molar-refractivity contribution in [3.63, 3.8) is 0 Å². The molecule has 3 heteroatoms. The van der Waals surface area contributed by atoms with Crippen molar-refractivity contribution in [2.75, 3.05) is 0 Å². The molecule has 3 nitrogen and oxygen atoms in total. The Bertz CT molecular complexity index is 390. The lowest BCUT2D eigenvalue weighted by molar-refractivity contribution is -0.118. The Hall–Kier alpha value is -1.35. The van der Waals surface area contributed by atoms with Crippen LogP contribution >= 0.6 is 0 Å². The van der Waals surface area contributed by atoms with E-state index in [4.69, 9.17) is 5.73 Å². The van der Waals surface area contributed by atoms with E-state index in [9.17, 15) is 4.79 Å². The number of carbonyl (C=O) groups excluding carboxylic acids is 1. The monoisotopic (exact) mass is 248 g/mol. The van der Waals surface area contributed by atoms with Crippen molar-refractivity contribution in [2.45, 2.75) is 52.1 Å². The van der Waals surface area contributed by atoms with Gasteiger partial charge < -0.3 is 11.1 Å². The van der Waals surface area contributed by atoms with Crippen LogP contribution < -0.4 is 11.1 Å². The van der Waals surface area contributed by atoms with E-state index in [1.165, 1.54) is 11.1 Å². The van der Waals surface area contributed by atoms with Gasteiger partial charge in [-0.2, -0.15) is 0 Å². The summed E-state index contributed by atoms with van der Waals surface area (Å²) < 4.78 is 0. The van der Waals surface area contributed by atoms with Gasteiger partial charge in [-0.25, -0.2) is 0 Å². The van der Waals surface area contributed by atoms with Gasteiger partial charge in [0.05, 0.1) is 0 Å². The molecule has 18 heavy (non-hydrogen) atoms. The standard InChI is InChI=1S/C15H24N2O/c1-11-5-4-6-14(9-11)8-7-12(2)17-13(3)10-15(16)18/h4-6,9,12-13,17H,7-8,10H2,1-3H3,(H2,16,18). The van der Waals surface area contributed by atoms with E-state index in [1.807, 2.05) is 6.92 Å². The lowest BCUT2D eigenvalue weighted by Gasteiger charge is -2.19. The van der Waals surface area contributed by atoms with Crippen LogP contribution in [0.3, 0.4) is 0 Å². The minimum atomic E-state index is -0.249. The van der Waals surface area contributed by atoms with E-state index < -0.39 is 0 Å².